The van der Waals surface area contributed by atoms with Crippen LogP contribution in [0.3, 0.4) is 0 Å². The summed E-state index contributed by atoms with van der Waals surface area (Å²) >= 11 is 0. The molecule has 0 saturated carbocycles. The van der Waals surface area contributed by atoms with Crippen LogP contribution in [0.15, 0.2) is 0 Å². The molecule has 0 unspecified atom stereocenters. The maximum absolute atomic E-state index is 10.3. The van der Waals surface area contributed by atoms with Crippen molar-refractivity contribution in [2.75, 3.05) is 0 Å². The van der Waals surface area contributed by atoms with Gasteiger partial charge in [0.15, 0.2) is 5.60 Å². The third-order valence-electron chi connectivity index (χ3n) is 1.29. The van der Waals surface area contributed by atoms with Gasteiger partial charge < -0.3 is 25.1 Å². The zero-order valence-corrected chi connectivity index (χ0v) is 10.9. The summed E-state index contributed by atoms with van der Waals surface area (Å²) in [6.07, 6.45) is -2.29. The first kappa shape index (κ1) is 20.4. The van der Waals surface area contributed by atoms with Crippen LogP contribution in [0.25, 0.3) is 0 Å². The molecule has 0 aromatic rings. The molecule has 0 aromatic heterocycles. The van der Waals surface area contributed by atoms with Gasteiger partial charge in [-0.05, 0) is 0 Å². The Kier molecular flexibility index (Phi) is 11.0. The van der Waals surface area contributed by atoms with Crippen molar-refractivity contribution in [3.63, 3.8) is 0 Å². The minimum atomic E-state index is -2.74. The van der Waals surface area contributed by atoms with Gasteiger partial charge in [-0.2, -0.15) is 0 Å². The number of hydrogen-bond donors (Lipinski definition) is 4. The number of carbonyl (C=O) groups is 3. The van der Waals surface area contributed by atoms with E-state index in [1.54, 1.807) is 0 Å². The molecule has 0 aromatic carbocycles. The van der Waals surface area contributed by atoms with Gasteiger partial charge in [0.25, 0.3) is 0 Å². The minimum Gasteiger partial charge on any atom is -1.00 e. The van der Waals surface area contributed by atoms with Crippen molar-refractivity contribution < 1.29 is 90.9 Å². The number of rotatable bonds is 5. The molecule has 0 saturated heterocycles. The predicted octanol–water partition coefficient (Wildman–Crippen LogP) is -7.24. The van der Waals surface area contributed by atoms with E-state index in [0.717, 1.165) is 0 Å². The quantitative estimate of drug-likeness (QED) is 0.356. The van der Waals surface area contributed by atoms with Crippen molar-refractivity contribution in [1.82, 2.24) is 0 Å². The van der Waals surface area contributed by atoms with Crippen LogP contribution >= 0.6 is 0 Å². The van der Waals surface area contributed by atoms with Gasteiger partial charge in [0.2, 0.25) is 0 Å². The fourth-order valence-electron chi connectivity index (χ4n) is 0.714. The van der Waals surface area contributed by atoms with Crippen LogP contribution in [0.4, 0.5) is 0 Å². The second-order valence-corrected chi connectivity index (χ2v) is 2.48. The third-order valence-corrected chi connectivity index (χ3v) is 1.29. The monoisotopic (exact) mass is 250 g/mol. The maximum Gasteiger partial charge on any atom is 1.00 e. The van der Waals surface area contributed by atoms with E-state index >= 15 is 0 Å². The van der Waals surface area contributed by atoms with E-state index in [1.165, 1.54) is 0 Å². The van der Waals surface area contributed by atoms with Gasteiger partial charge in [-0.25, -0.2) is 4.79 Å². The van der Waals surface area contributed by atoms with E-state index in [-0.39, 0.29) is 56.1 Å². The first-order chi connectivity index (χ1) is 5.78. The summed E-state index contributed by atoms with van der Waals surface area (Å²) in [5.41, 5.74) is -2.74. The number of hydrogen-bond acceptors (Lipinski definition) is 4. The molecule has 0 amide bonds. The molecular weight excluding hydrogens is 242 g/mol. The van der Waals surface area contributed by atoms with E-state index < -0.39 is 36.4 Å². The van der Waals surface area contributed by atoms with Crippen molar-refractivity contribution >= 4 is 17.9 Å². The fourth-order valence-corrected chi connectivity index (χ4v) is 0.714. The van der Waals surface area contributed by atoms with Crippen LogP contribution in [-0.2, 0) is 14.4 Å². The number of halogens is 1. The molecule has 0 radical (unpaired) electrons. The number of carboxylic acids is 3. The zero-order chi connectivity index (χ0) is 10.6. The molecule has 4 N–H and O–H groups in total. The Labute approximate surface area is 126 Å². The first-order valence-corrected chi connectivity index (χ1v) is 3.17. The average Bonchev–Trinajstić information content (AvgIpc) is 1.82. The molecule has 0 aliphatic heterocycles. The van der Waals surface area contributed by atoms with Gasteiger partial charge in [0.1, 0.15) is 0 Å². The molecule has 7 nitrogen and oxygen atoms in total. The van der Waals surface area contributed by atoms with Crippen molar-refractivity contribution in [3.8, 4) is 0 Å². The third kappa shape index (κ3) is 7.82. The van der Waals surface area contributed by atoms with Crippen molar-refractivity contribution in [2.45, 2.75) is 18.4 Å². The Morgan fingerprint density at radius 2 is 1.20 bits per heavy atom. The van der Waals surface area contributed by atoms with Crippen molar-refractivity contribution in [1.29, 1.82) is 0 Å². The Hall–Kier alpha value is -0.0636. The van der Waals surface area contributed by atoms with Gasteiger partial charge >= 0.3 is 69.3 Å². The van der Waals surface area contributed by atoms with Crippen LogP contribution in [-0.4, -0.2) is 43.9 Å². The molecular formula is C6H8FKO7. The summed E-state index contributed by atoms with van der Waals surface area (Å²) < 4.78 is 0. The summed E-state index contributed by atoms with van der Waals surface area (Å²) in [4.78, 5) is 30.5. The Bertz CT molecular complexity index is 238. The molecule has 15 heavy (non-hydrogen) atoms. The standard InChI is InChI=1S/C6H8O7.FH.K/c7-3(8)1-6(13,5(11)12)2-4(9)10;;/h13H,1-2H2,(H,7,8)(H,9,10)(H,11,12);1H;/q;;+1/p-1. The second kappa shape index (κ2) is 8.13. The van der Waals surface area contributed by atoms with Crippen LogP contribution < -0.4 is 56.1 Å². The maximum atomic E-state index is 10.3. The number of aliphatic carboxylic acids is 3. The summed E-state index contributed by atoms with van der Waals surface area (Å²) in [6, 6.07) is 0. The van der Waals surface area contributed by atoms with Crippen LogP contribution in [0, 0.1) is 0 Å². The van der Waals surface area contributed by atoms with E-state index in [0.29, 0.717) is 0 Å². The Morgan fingerprint density at radius 3 is 1.33 bits per heavy atom. The number of aliphatic hydroxyl groups is 1. The summed E-state index contributed by atoms with van der Waals surface area (Å²) in [7, 11) is 0. The van der Waals surface area contributed by atoms with Gasteiger partial charge in [0, 0.05) is 0 Å². The van der Waals surface area contributed by atoms with Gasteiger partial charge in [-0.1, -0.05) is 0 Å². The normalized spacial score (nSPS) is 9.40. The van der Waals surface area contributed by atoms with Crippen LogP contribution in [0.1, 0.15) is 12.8 Å². The Balaban J connectivity index is -0.000000720. The van der Waals surface area contributed by atoms with Gasteiger partial charge in [-0.15, -0.1) is 0 Å². The zero-order valence-electron chi connectivity index (χ0n) is 7.81. The van der Waals surface area contributed by atoms with Gasteiger partial charge in [-0.3, -0.25) is 9.59 Å². The smallest absolute Gasteiger partial charge is 1.00 e. The minimum absolute atomic E-state index is 0. The summed E-state index contributed by atoms with van der Waals surface area (Å²) in [5, 5.41) is 33.8. The molecule has 0 aliphatic rings. The molecule has 82 valence electrons. The molecule has 0 atom stereocenters. The predicted molar refractivity (Wildman–Crippen MR) is 37.1 cm³/mol. The van der Waals surface area contributed by atoms with Crippen molar-refractivity contribution in [3.05, 3.63) is 0 Å². The number of carboxylic acid groups (broad SMARTS) is 3. The molecule has 0 bridgehead atoms. The van der Waals surface area contributed by atoms with Gasteiger partial charge in [0.05, 0.1) is 12.8 Å². The molecule has 0 heterocycles. The molecule has 0 spiro atoms. The average molecular weight is 250 g/mol. The van der Waals surface area contributed by atoms with E-state index in [4.69, 9.17) is 20.4 Å². The molecule has 9 heteroatoms. The van der Waals surface area contributed by atoms with E-state index in [9.17, 15) is 14.4 Å². The van der Waals surface area contributed by atoms with Crippen LogP contribution in [0.2, 0.25) is 0 Å². The second-order valence-electron chi connectivity index (χ2n) is 2.48. The van der Waals surface area contributed by atoms with E-state index in [2.05, 4.69) is 0 Å². The SMILES string of the molecule is O=C(O)CC(O)(CC(=O)O)C(=O)O.[F-].[K+]. The first-order valence-electron chi connectivity index (χ1n) is 3.17. The Morgan fingerprint density at radius 1 is 0.933 bits per heavy atom. The topological polar surface area (TPSA) is 132 Å². The summed E-state index contributed by atoms with van der Waals surface area (Å²) in [5.74, 6) is -5.02. The fraction of sp³-hybridized carbons (Fsp3) is 0.500. The molecule has 0 rings (SSSR count). The molecule has 0 fully saturated rings. The molecule has 0 aliphatic carbocycles. The largest absolute Gasteiger partial charge is 1.00 e. The summed E-state index contributed by atoms with van der Waals surface area (Å²) in [6.45, 7) is 0. The van der Waals surface area contributed by atoms with E-state index in [1.807, 2.05) is 0 Å². The van der Waals surface area contributed by atoms with Crippen LogP contribution in [0.5, 0.6) is 0 Å². The van der Waals surface area contributed by atoms with Crippen molar-refractivity contribution in [2.24, 2.45) is 0 Å².